The van der Waals surface area contributed by atoms with Crippen LogP contribution in [0.5, 0.6) is 0 Å². The van der Waals surface area contributed by atoms with Crippen molar-refractivity contribution in [1.82, 2.24) is 9.88 Å². The van der Waals surface area contributed by atoms with Gasteiger partial charge in [0, 0.05) is 43.6 Å². The van der Waals surface area contributed by atoms with E-state index in [1.807, 2.05) is 12.1 Å². The number of pyridine rings is 1. The maximum absolute atomic E-state index is 5.92. The molecule has 0 aromatic carbocycles. The van der Waals surface area contributed by atoms with Gasteiger partial charge in [0.15, 0.2) is 0 Å². The molecule has 0 amide bonds. The van der Waals surface area contributed by atoms with Crippen molar-refractivity contribution in [3.05, 3.63) is 23.5 Å². The highest BCUT2D eigenvalue weighted by Gasteiger charge is 2.25. The Balaban J connectivity index is 2.00. The van der Waals surface area contributed by atoms with Gasteiger partial charge in [0.05, 0.1) is 0 Å². The fourth-order valence-electron chi connectivity index (χ4n) is 2.22. The smallest absolute Gasteiger partial charge is 0.131 e. The van der Waals surface area contributed by atoms with Gasteiger partial charge in [-0.15, -0.1) is 0 Å². The fraction of sp³-hybridized carbons (Fsp3) is 0.615. The predicted octanol–water partition coefficient (Wildman–Crippen LogP) is 2.66. The molecule has 1 aromatic heterocycles. The second kappa shape index (κ2) is 4.83. The summed E-state index contributed by atoms with van der Waals surface area (Å²) >= 11 is 5.92. The van der Waals surface area contributed by atoms with Crippen molar-refractivity contribution >= 4 is 17.3 Å². The number of hydrogen-bond donors (Lipinski definition) is 0. The summed E-state index contributed by atoms with van der Waals surface area (Å²) in [5.41, 5.74) is 1.45. The number of aromatic nitrogens is 1. The van der Waals surface area contributed by atoms with Crippen LogP contribution in [-0.4, -0.2) is 41.6 Å². The third-order valence-corrected chi connectivity index (χ3v) is 3.51. The standard InChI is InChI=1S/C13H20ClN3/c1-13(2,3)17-8-6-16(7-9-17)11-4-5-15-12(14)10-11/h4-5,10H,6-9H2,1-3H3. The molecule has 1 aliphatic rings. The van der Waals surface area contributed by atoms with Crippen LogP contribution >= 0.6 is 11.6 Å². The molecule has 1 saturated heterocycles. The van der Waals surface area contributed by atoms with Crippen LogP contribution in [0.2, 0.25) is 5.15 Å². The SMILES string of the molecule is CC(C)(C)N1CCN(c2ccnc(Cl)c2)CC1. The number of halogens is 1. The van der Waals surface area contributed by atoms with Crippen molar-refractivity contribution in [2.75, 3.05) is 31.1 Å². The van der Waals surface area contributed by atoms with Crippen molar-refractivity contribution in [2.24, 2.45) is 0 Å². The van der Waals surface area contributed by atoms with E-state index in [-0.39, 0.29) is 5.54 Å². The molecule has 0 saturated carbocycles. The minimum Gasteiger partial charge on any atom is -0.369 e. The summed E-state index contributed by atoms with van der Waals surface area (Å²) in [6.45, 7) is 11.1. The lowest BCUT2D eigenvalue weighted by molar-refractivity contribution is 0.128. The molecule has 0 N–H and O–H groups in total. The summed E-state index contributed by atoms with van der Waals surface area (Å²) < 4.78 is 0. The van der Waals surface area contributed by atoms with Crippen LogP contribution in [0.3, 0.4) is 0 Å². The van der Waals surface area contributed by atoms with E-state index >= 15 is 0 Å². The third-order valence-electron chi connectivity index (χ3n) is 3.30. The van der Waals surface area contributed by atoms with Crippen LogP contribution in [0.1, 0.15) is 20.8 Å². The van der Waals surface area contributed by atoms with Gasteiger partial charge in [-0.25, -0.2) is 4.98 Å². The molecule has 0 unspecified atom stereocenters. The summed E-state index contributed by atoms with van der Waals surface area (Å²) in [4.78, 5) is 8.91. The first-order chi connectivity index (χ1) is 7.97. The molecule has 1 aromatic rings. The minimum atomic E-state index is 0.266. The maximum Gasteiger partial charge on any atom is 0.131 e. The van der Waals surface area contributed by atoms with Crippen LogP contribution in [-0.2, 0) is 0 Å². The van der Waals surface area contributed by atoms with E-state index in [0.717, 1.165) is 26.2 Å². The van der Waals surface area contributed by atoms with Crippen LogP contribution in [0.25, 0.3) is 0 Å². The van der Waals surface area contributed by atoms with E-state index in [1.165, 1.54) is 5.69 Å². The van der Waals surface area contributed by atoms with Gasteiger partial charge in [-0.2, -0.15) is 0 Å². The summed E-state index contributed by atoms with van der Waals surface area (Å²) in [5, 5.41) is 0.570. The molecule has 1 aliphatic heterocycles. The number of nitrogens with zero attached hydrogens (tertiary/aromatic N) is 3. The van der Waals surface area contributed by atoms with Crippen LogP contribution < -0.4 is 4.90 Å². The molecule has 0 bridgehead atoms. The van der Waals surface area contributed by atoms with Crippen molar-refractivity contribution in [3.8, 4) is 0 Å². The first-order valence-corrected chi connectivity index (χ1v) is 6.46. The summed E-state index contributed by atoms with van der Waals surface area (Å²) in [6.07, 6.45) is 1.77. The average molecular weight is 254 g/mol. The molecule has 3 nitrogen and oxygen atoms in total. The second-order valence-corrected chi connectivity index (χ2v) is 5.87. The van der Waals surface area contributed by atoms with Crippen molar-refractivity contribution in [3.63, 3.8) is 0 Å². The zero-order chi connectivity index (χ0) is 12.5. The molecule has 1 fully saturated rings. The fourth-order valence-corrected chi connectivity index (χ4v) is 2.39. The lowest BCUT2D eigenvalue weighted by atomic mass is 10.0. The number of anilines is 1. The molecule has 0 radical (unpaired) electrons. The summed E-state index contributed by atoms with van der Waals surface area (Å²) in [6, 6.07) is 3.97. The van der Waals surface area contributed by atoms with E-state index in [1.54, 1.807) is 6.20 Å². The quantitative estimate of drug-likeness (QED) is 0.718. The second-order valence-electron chi connectivity index (χ2n) is 5.48. The average Bonchev–Trinajstić information content (AvgIpc) is 2.28. The first kappa shape index (κ1) is 12.7. The van der Waals surface area contributed by atoms with Crippen LogP contribution in [0.15, 0.2) is 18.3 Å². The van der Waals surface area contributed by atoms with Gasteiger partial charge >= 0.3 is 0 Å². The molecule has 0 spiro atoms. The molecular formula is C13H20ClN3. The molecular weight excluding hydrogens is 234 g/mol. The third kappa shape index (κ3) is 3.11. The molecule has 2 heterocycles. The highest BCUT2D eigenvalue weighted by molar-refractivity contribution is 6.29. The summed E-state index contributed by atoms with van der Waals surface area (Å²) in [7, 11) is 0. The monoisotopic (exact) mass is 253 g/mol. The van der Waals surface area contributed by atoms with E-state index in [0.29, 0.717) is 5.15 Å². The van der Waals surface area contributed by atoms with Crippen LogP contribution in [0, 0.1) is 0 Å². The largest absolute Gasteiger partial charge is 0.369 e. The Morgan fingerprint density at radius 3 is 2.35 bits per heavy atom. The molecule has 2 rings (SSSR count). The van der Waals surface area contributed by atoms with Gasteiger partial charge < -0.3 is 4.90 Å². The zero-order valence-electron chi connectivity index (χ0n) is 10.8. The Labute approximate surface area is 108 Å². The Kier molecular flexibility index (Phi) is 3.59. The van der Waals surface area contributed by atoms with Gasteiger partial charge in [0.1, 0.15) is 5.15 Å². The van der Waals surface area contributed by atoms with Gasteiger partial charge in [0.25, 0.3) is 0 Å². The molecule has 0 aliphatic carbocycles. The zero-order valence-corrected chi connectivity index (χ0v) is 11.5. The molecule has 0 atom stereocenters. The Bertz CT molecular complexity index is 378. The number of hydrogen-bond acceptors (Lipinski definition) is 3. The van der Waals surface area contributed by atoms with Crippen molar-refractivity contribution < 1.29 is 0 Å². The highest BCUT2D eigenvalue weighted by atomic mass is 35.5. The maximum atomic E-state index is 5.92. The normalized spacial score (nSPS) is 18.5. The molecule has 17 heavy (non-hydrogen) atoms. The lowest BCUT2D eigenvalue weighted by Gasteiger charge is -2.43. The van der Waals surface area contributed by atoms with E-state index in [2.05, 4.69) is 35.6 Å². The number of rotatable bonds is 1. The van der Waals surface area contributed by atoms with Gasteiger partial charge in [-0.1, -0.05) is 11.6 Å². The predicted molar refractivity (Wildman–Crippen MR) is 72.8 cm³/mol. The Hall–Kier alpha value is -0.800. The highest BCUT2D eigenvalue weighted by Crippen LogP contribution is 2.21. The lowest BCUT2D eigenvalue weighted by Crippen LogP contribution is -2.53. The Morgan fingerprint density at radius 2 is 1.82 bits per heavy atom. The van der Waals surface area contributed by atoms with Crippen LogP contribution in [0.4, 0.5) is 5.69 Å². The summed E-state index contributed by atoms with van der Waals surface area (Å²) in [5.74, 6) is 0. The van der Waals surface area contributed by atoms with E-state index in [9.17, 15) is 0 Å². The van der Waals surface area contributed by atoms with Crippen molar-refractivity contribution in [2.45, 2.75) is 26.3 Å². The van der Waals surface area contributed by atoms with E-state index in [4.69, 9.17) is 11.6 Å². The van der Waals surface area contributed by atoms with Gasteiger partial charge in [-0.05, 0) is 32.9 Å². The number of piperazine rings is 1. The molecule has 94 valence electrons. The topological polar surface area (TPSA) is 19.4 Å². The Morgan fingerprint density at radius 1 is 1.18 bits per heavy atom. The van der Waals surface area contributed by atoms with Gasteiger partial charge in [0.2, 0.25) is 0 Å². The molecule has 4 heteroatoms. The van der Waals surface area contributed by atoms with Crippen molar-refractivity contribution in [1.29, 1.82) is 0 Å². The first-order valence-electron chi connectivity index (χ1n) is 6.08. The minimum absolute atomic E-state index is 0.266. The van der Waals surface area contributed by atoms with Gasteiger partial charge in [-0.3, -0.25) is 4.90 Å². The van der Waals surface area contributed by atoms with E-state index < -0.39 is 0 Å².